The van der Waals surface area contributed by atoms with E-state index in [1.807, 2.05) is 31.2 Å². The van der Waals surface area contributed by atoms with Crippen molar-refractivity contribution in [1.82, 2.24) is 0 Å². The molecule has 2 aromatic carbocycles. The number of fused-ring (bicyclic) bond motifs is 1. The lowest BCUT2D eigenvalue weighted by molar-refractivity contribution is -0.683. The summed E-state index contributed by atoms with van der Waals surface area (Å²) in [7, 11) is 1.48. The van der Waals surface area contributed by atoms with Crippen molar-refractivity contribution in [3.05, 3.63) is 112 Å². The second-order valence-corrected chi connectivity index (χ2v) is 7.62. The van der Waals surface area contributed by atoms with Gasteiger partial charge in [-0.15, -0.1) is 0 Å². The van der Waals surface area contributed by atoms with Crippen LogP contribution in [0.3, 0.4) is 0 Å². The minimum absolute atomic E-state index is 0. The van der Waals surface area contributed by atoms with Crippen molar-refractivity contribution in [1.29, 1.82) is 0 Å². The number of aryl methyl sites for hydroxylation is 1. The van der Waals surface area contributed by atoms with Crippen LogP contribution in [0.4, 0.5) is 0 Å². The molecule has 0 aliphatic carbocycles. The van der Waals surface area contributed by atoms with Crippen molar-refractivity contribution < 1.29 is 40.3 Å². The second-order valence-electron chi connectivity index (χ2n) is 7.62. The molecule has 0 aliphatic rings. The Kier molecular flexibility index (Phi) is 7.91. The summed E-state index contributed by atoms with van der Waals surface area (Å²) in [6.07, 6.45) is 6.48. The maximum absolute atomic E-state index is 12.6. The van der Waals surface area contributed by atoms with Crippen LogP contribution >= 0.6 is 0 Å². The third kappa shape index (κ3) is 5.55. The number of Topliss-reactive ketones (excluding diaryl/α,β-unsaturated/α-hetero) is 1. The van der Waals surface area contributed by atoms with Gasteiger partial charge in [-0.3, -0.25) is 9.59 Å². The Hall–Kier alpha value is -3.84. The van der Waals surface area contributed by atoms with E-state index in [0.717, 1.165) is 11.1 Å². The molecule has 34 heavy (non-hydrogen) atoms. The Morgan fingerprint density at radius 1 is 1.03 bits per heavy atom. The van der Waals surface area contributed by atoms with Gasteiger partial charge in [0, 0.05) is 23.1 Å². The molecule has 0 N–H and O–H groups in total. The number of carbonyl (C=O) groups excluding carboxylic acids is 2. The first-order valence-corrected chi connectivity index (χ1v) is 10.4. The largest absolute Gasteiger partial charge is 1.00 e. The third-order valence-electron chi connectivity index (χ3n) is 5.25. The normalized spacial score (nSPS) is 10.8. The minimum atomic E-state index is -0.720. The fourth-order valence-corrected chi connectivity index (χ4v) is 3.39. The van der Waals surface area contributed by atoms with Crippen LogP contribution in [0, 0.1) is 6.92 Å². The quantitative estimate of drug-likeness (QED) is 0.158. The van der Waals surface area contributed by atoms with Gasteiger partial charge in [-0.2, -0.15) is 4.57 Å². The van der Waals surface area contributed by atoms with Crippen LogP contribution in [-0.4, -0.2) is 18.7 Å². The highest BCUT2D eigenvalue weighted by atomic mass is 79.9. The number of rotatable bonds is 7. The molecular formula is C27H22BrNO5. The molecule has 0 spiro atoms. The summed E-state index contributed by atoms with van der Waals surface area (Å²) in [5.41, 5.74) is 2.05. The summed E-state index contributed by atoms with van der Waals surface area (Å²) in [6.45, 7) is 2.19. The lowest BCUT2D eigenvalue weighted by Crippen LogP contribution is -3.00. The lowest BCUT2D eigenvalue weighted by Gasteiger charge is -2.04. The number of ether oxygens (including phenoxy) is 1. The highest BCUT2D eigenvalue weighted by Crippen LogP contribution is 2.24. The lowest BCUT2D eigenvalue weighted by atomic mass is 10.1. The van der Waals surface area contributed by atoms with Crippen LogP contribution in [0.1, 0.15) is 31.8 Å². The number of methoxy groups -OCH3 is 1. The number of ketones is 2. The zero-order chi connectivity index (χ0) is 23.4. The van der Waals surface area contributed by atoms with Gasteiger partial charge in [0.1, 0.15) is 5.56 Å². The average Bonchev–Trinajstić information content (AvgIpc) is 2.83. The molecule has 0 radical (unpaired) electrons. The topological polar surface area (TPSA) is 77.5 Å². The SMILES string of the molecule is COc1cccc2cc(C(=O)/C=C/c3cc[n+](CC(=O)c4ccc(C)cc4)cc3)c(=O)oc12.[Br-]. The molecule has 0 atom stereocenters. The minimum Gasteiger partial charge on any atom is -1.00 e. The fraction of sp³-hybridized carbons (Fsp3) is 0.111. The number of halogens is 1. The Bertz CT molecular complexity index is 1420. The van der Waals surface area contributed by atoms with Crippen molar-refractivity contribution in [2.75, 3.05) is 7.11 Å². The molecule has 7 heteroatoms. The maximum Gasteiger partial charge on any atom is 0.347 e. The number of benzene rings is 2. The van der Waals surface area contributed by atoms with Gasteiger partial charge in [0.15, 0.2) is 29.5 Å². The van der Waals surface area contributed by atoms with Gasteiger partial charge in [0.25, 0.3) is 0 Å². The van der Waals surface area contributed by atoms with E-state index >= 15 is 0 Å². The molecule has 0 unspecified atom stereocenters. The monoisotopic (exact) mass is 519 g/mol. The van der Waals surface area contributed by atoms with Crippen LogP contribution in [0.25, 0.3) is 17.0 Å². The molecule has 4 rings (SSSR count). The summed E-state index contributed by atoms with van der Waals surface area (Å²) in [5, 5.41) is 0.602. The smallest absolute Gasteiger partial charge is 0.347 e. The van der Waals surface area contributed by atoms with E-state index in [0.29, 0.717) is 22.3 Å². The molecule has 0 aliphatic heterocycles. The van der Waals surface area contributed by atoms with E-state index in [9.17, 15) is 14.4 Å². The van der Waals surface area contributed by atoms with Crippen molar-refractivity contribution in [3.63, 3.8) is 0 Å². The molecule has 0 amide bonds. The standard InChI is InChI=1S/C27H22NO5.BrH/c1-18-6-9-20(10-7-18)24(30)17-28-14-12-19(13-15-28)8-11-23(29)22-16-21-4-3-5-25(32-2)26(21)33-27(22)31;/h3-16H,17H2,1-2H3;1H/q+1;/p-1/b11-8+;. The van der Waals surface area contributed by atoms with Crippen LogP contribution in [0.15, 0.2) is 88.3 Å². The number of allylic oxidation sites excluding steroid dienone is 1. The maximum atomic E-state index is 12.6. The molecule has 4 aromatic rings. The Morgan fingerprint density at radius 3 is 2.41 bits per heavy atom. The second kappa shape index (κ2) is 10.9. The first kappa shape index (κ1) is 24.8. The van der Waals surface area contributed by atoms with Gasteiger partial charge in [0.2, 0.25) is 12.3 Å². The number of pyridine rings is 1. The van der Waals surface area contributed by atoms with Crippen LogP contribution in [0.5, 0.6) is 5.75 Å². The summed E-state index contributed by atoms with van der Waals surface area (Å²) in [4.78, 5) is 37.3. The number of aromatic nitrogens is 1. The summed E-state index contributed by atoms with van der Waals surface area (Å²) in [6, 6.07) is 17.7. The van der Waals surface area contributed by atoms with E-state index in [1.54, 1.807) is 53.4 Å². The average molecular weight is 520 g/mol. The van der Waals surface area contributed by atoms with Gasteiger partial charge >= 0.3 is 5.63 Å². The highest BCUT2D eigenvalue weighted by Gasteiger charge is 2.14. The molecule has 172 valence electrons. The first-order valence-electron chi connectivity index (χ1n) is 10.4. The van der Waals surface area contributed by atoms with E-state index in [-0.39, 0.29) is 34.9 Å². The molecule has 0 fully saturated rings. The van der Waals surface area contributed by atoms with E-state index < -0.39 is 11.4 Å². The summed E-state index contributed by atoms with van der Waals surface area (Å²) < 4.78 is 12.3. The van der Waals surface area contributed by atoms with Gasteiger partial charge in [-0.05, 0) is 30.7 Å². The molecular weight excluding hydrogens is 498 g/mol. The van der Waals surface area contributed by atoms with Crippen molar-refractivity contribution in [2.45, 2.75) is 13.5 Å². The molecule has 2 heterocycles. The number of hydrogen-bond donors (Lipinski definition) is 0. The third-order valence-corrected chi connectivity index (χ3v) is 5.25. The zero-order valence-corrected chi connectivity index (χ0v) is 20.2. The summed E-state index contributed by atoms with van der Waals surface area (Å²) in [5.74, 6) is -0.0181. The van der Waals surface area contributed by atoms with Gasteiger partial charge in [-0.25, -0.2) is 4.79 Å². The Balaban J connectivity index is 0.00000324. The van der Waals surface area contributed by atoms with Crippen molar-refractivity contribution in [2.24, 2.45) is 0 Å². The van der Waals surface area contributed by atoms with Gasteiger partial charge < -0.3 is 26.1 Å². The number of carbonyl (C=O) groups is 2. The zero-order valence-electron chi connectivity index (χ0n) is 18.7. The first-order chi connectivity index (χ1) is 15.9. The molecule has 2 aromatic heterocycles. The van der Waals surface area contributed by atoms with Crippen molar-refractivity contribution in [3.8, 4) is 5.75 Å². The molecule has 0 saturated heterocycles. The van der Waals surface area contributed by atoms with Crippen molar-refractivity contribution >= 4 is 28.6 Å². The highest BCUT2D eigenvalue weighted by molar-refractivity contribution is 6.08. The number of para-hydroxylation sites is 1. The van der Waals surface area contributed by atoms with E-state index in [2.05, 4.69) is 0 Å². The van der Waals surface area contributed by atoms with Crippen LogP contribution in [-0.2, 0) is 6.54 Å². The van der Waals surface area contributed by atoms with Gasteiger partial charge in [0.05, 0.1) is 7.11 Å². The van der Waals surface area contributed by atoms with Crippen LogP contribution < -0.4 is 31.9 Å². The Labute approximate surface area is 206 Å². The summed E-state index contributed by atoms with van der Waals surface area (Å²) >= 11 is 0. The van der Waals surface area contributed by atoms with E-state index in [1.165, 1.54) is 19.3 Å². The fourth-order valence-electron chi connectivity index (χ4n) is 3.39. The molecule has 6 nitrogen and oxygen atoms in total. The van der Waals surface area contributed by atoms with Gasteiger partial charge in [-0.1, -0.05) is 48.0 Å². The number of hydrogen-bond acceptors (Lipinski definition) is 5. The Morgan fingerprint density at radius 2 is 1.74 bits per heavy atom. The molecule has 0 bridgehead atoms. The predicted octanol–water partition coefficient (Wildman–Crippen LogP) is 1.18. The van der Waals surface area contributed by atoms with E-state index in [4.69, 9.17) is 9.15 Å². The molecule has 0 saturated carbocycles. The van der Waals surface area contributed by atoms with Crippen LogP contribution in [0.2, 0.25) is 0 Å². The predicted molar refractivity (Wildman–Crippen MR) is 125 cm³/mol. The number of nitrogens with zero attached hydrogens (tertiary/aromatic N) is 1.